The lowest BCUT2D eigenvalue weighted by Crippen LogP contribution is -2.20. The Bertz CT molecular complexity index is 251. The Kier molecular flexibility index (Phi) is 8.58. The molecule has 0 saturated carbocycles. The van der Waals surface area contributed by atoms with Crippen molar-refractivity contribution in [1.29, 1.82) is 0 Å². The van der Waals surface area contributed by atoms with Gasteiger partial charge in [0.15, 0.2) is 0 Å². The van der Waals surface area contributed by atoms with E-state index < -0.39 is 0 Å². The second kappa shape index (κ2) is 10.3. The van der Waals surface area contributed by atoms with Gasteiger partial charge in [0.2, 0.25) is 0 Å². The maximum absolute atomic E-state index is 5.37. The molecular formula is C12H21NO4. The summed E-state index contributed by atoms with van der Waals surface area (Å²) >= 11 is 0. The van der Waals surface area contributed by atoms with Crippen molar-refractivity contribution in [3.8, 4) is 0 Å². The standard InChI is InChI=1S/C12H21NO4/c1-14-7-8-16-10-9-15-6-4-13-11-12-3-2-5-17-12/h2-3,5,13H,4,6-11H2,1H3. The fraction of sp³-hybridized carbons (Fsp3) is 0.667. The van der Waals surface area contributed by atoms with E-state index in [0.717, 1.165) is 18.8 Å². The van der Waals surface area contributed by atoms with Crippen molar-refractivity contribution in [1.82, 2.24) is 5.32 Å². The summed E-state index contributed by atoms with van der Waals surface area (Å²) in [5, 5.41) is 3.22. The Balaban J connectivity index is 1.76. The van der Waals surface area contributed by atoms with E-state index in [1.807, 2.05) is 12.1 Å². The smallest absolute Gasteiger partial charge is 0.117 e. The molecule has 0 bridgehead atoms. The van der Waals surface area contributed by atoms with Crippen LogP contribution in [-0.4, -0.2) is 46.7 Å². The minimum Gasteiger partial charge on any atom is -0.468 e. The molecule has 5 nitrogen and oxygen atoms in total. The van der Waals surface area contributed by atoms with Crippen LogP contribution in [0.5, 0.6) is 0 Å². The molecule has 0 atom stereocenters. The minimum atomic E-state index is 0.613. The number of hydrogen-bond donors (Lipinski definition) is 1. The Morgan fingerprint density at radius 1 is 1.12 bits per heavy atom. The predicted octanol–water partition coefficient (Wildman–Crippen LogP) is 1.05. The monoisotopic (exact) mass is 243 g/mol. The van der Waals surface area contributed by atoms with Gasteiger partial charge in [0, 0.05) is 13.7 Å². The predicted molar refractivity (Wildman–Crippen MR) is 63.9 cm³/mol. The highest BCUT2D eigenvalue weighted by molar-refractivity contribution is 4.97. The molecule has 1 N–H and O–H groups in total. The molecule has 5 heteroatoms. The number of rotatable bonds is 11. The first-order valence-corrected chi connectivity index (χ1v) is 5.81. The van der Waals surface area contributed by atoms with E-state index in [0.29, 0.717) is 33.0 Å². The van der Waals surface area contributed by atoms with E-state index in [1.54, 1.807) is 13.4 Å². The van der Waals surface area contributed by atoms with Gasteiger partial charge in [-0.1, -0.05) is 0 Å². The molecule has 1 rings (SSSR count). The number of furan rings is 1. The van der Waals surface area contributed by atoms with Gasteiger partial charge in [-0.2, -0.15) is 0 Å². The van der Waals surface area contributed by atoms with Crippen molar-refractivity contribution < 1.29 is 18.6 Å². The van der Waals surface area contributed by atoms with E-state index in [9.17, 15) is 0 Å². The van der Waals surface area contributed by atoms with Crippen molar-refractivity contribution >= 4 is 0 Å². The molecule has 1 heterocycles. The molecule has 1 aromatic rings. The van der Waals surface area contributed by atoms with Gasteiger partial charge >= 0.3 is 0 Å². The van der Waals surface area contributed by atoms with Crippen molar-refractivity contribution in [2.24, 2.45) is 0 Å². The van der Waals surface area contributed by atoms with Crippen molar-refractivity contribution in [3.05, 3.63) is 24.2 Å². The summed E-state index contributed by atoms with van der Waals surface area (Å²) in [5.74, 6) is 0.938. The van der Waals surface area contributed by atoms with Crippen LogP contribution in [0, 0.1) is 0 Å². The summed E-state index contributed by atoms with van der Waals surface area (Å²) in [6.07, 6.45) is 1.67. The zero-order chi connectivity index (χ0) is 12.2. The van der Waals surface area contributed by atoms with Crippen molar-refractivity contribution in [3.63, 3.8) is 0 Å². The lowest BCUT2D eigenvalue weighted by Gasteiger charge is -2.06. The Labute approximate surface area is 102 Å². The average Bonchev–Trinajstić information content (AvgIpc) is 2.85. The van der Waals surface area contributed by atoms with Gasteiger partial charge in [-0.05, 0) is 12.1 Å². The van der Waals surface area contributed by atoms with Crippen LogP contribution in [0.1, 0.15) is 5.76 Å². The summed E-state index contributed by atoms with van der Waals surface area (Å²) in [6, 6.07) is 3.82. The quantitative estimate of drug-likeness (QED) is 0.589. The fourth-order valence-electron chi connectivity index (χ4n) is 1.23. The largest absolute Gasteiger partial charge is 0.468 e. The molecule has 17 heavy (non-hydrogen) atoms. The van der Waals surface area contributed by atoms with Crippen LogP contribution in [0.3, 0.4) is 0 Å². The topological polar surface area (TPSA) is 52.9 Å². The zero-order valence-electron chi connectivity index (χ0n) is 10.3. The van der Waals surface area contributed by atoms with Gasteiger partial charge in [0.1, 0.15) is 5.76 Å². The highest BCUT2D eigenvalue weighted by atomic mass is 16.5. The molecule has 0 radical (unpaired) electrons. The summed E-state index contributed by atoms with van der Waals surface area (Å²) < 4.78 is 20.7. The SMILES string of the molecule is COCCOCCOCCNCc1ccco1. The van der Waals surface area contributed by atoms with Crippen molar-refractivity contribution in [2.75, 3.05) is 46.7 Å². The van der Waals surface area contributed by atoms with Gasteiger partial charge in [0.05, 0.1) is 45.8 Å². The third kappa shape index (κ3) is 7.93. The van der Waals surface area contributed by atoms with Crippen LogP contribution in [0.4, 0.5) is 0 Å². The fourth-order valence-corrected chi connectivity index (χ4v) is 1.23. The summed E-state index contributed by atoms with van der Waals surface area (Å²) in [4.78, 5) is 0. The number of ether oxygens (including phenoxy) is 3. The first-order chi connectivity index (χ1) is 8.43. The minimum absolute atomic E-state index is 0.613. The first kappa shape index (κ1) is 14.2. The molecule has 0 spiro atoms. The summed E-state index contributed by atoms with van der Waals surface area (Å²) in [5.41, 5.74) is 0. The third-order valence-corrected chi connectivity index (χ3v) is 2.11. The second-order valence-corrected chi connectivity index (χ2v) is 3.47. The van der Waals surface area contributed by atoms with Crippen LogP contribution in [0.25, 0.3) is 0 Å². The van der Waals surface area contributed by atoms with Gasteiger partial charge in [-0.3, -0.25) is 0 Å². The van der Waals surface area contributed by atoms with Crippen LogP contribution in [0.2, 0.25) is 0 Å². The molecule has 0 amide bonds. The molecular weight excluding hydrogens is 222 g/mol. The highest BCUT2D eigenvalue weighted by Gasteiger charge is 1.94. The van der Waals surface area contributed by atoms with E-state index in [4.69, 9.17) is 18.6 Å². The maximum Gasteiger partial charge on any atom is 0.117 e. The Hall–Kier alpha value is -0.880. The molecule has 0 saturated heterocycles. The van der Waals surface area contributed by atoms with E-state index in [-0.39, 0.29) is 0 Å². The third-order valence-electron chi connectivity index (χ3n) is 2.11. The normalized spacial score (nSPS) is 10.9. The molecule has 1 aromatic heterocycles. The Morgan fingerprint density at radius 2 is 1.88 bits per heavy atom. The van der Waals surface area contributed by atoms with E-state index in [2.05, 4.69) is 5.32 Å². The van der Waals surface area contributed by atoms with Crippen LogP contribution >= 0.6 is 0 Å². The number of hydrogen-bond acceptors (Lipinski definition) is 5. The van der Waals surface area contributed by atoms with Crippen LogP contribution in [0.15, 0.2) is 22.8 Å². The molecule has 0 aromatic carbocycles. The zero-order valence-corrected chi connectivity index (χ0v) is 10.3. The lowest BCUT2D eigenvalue weighted by atomic mass is 10.4. The summed E-state index contributed by atoms with van der Waals surface area (Å²) in [7, 11) is 1.66. The van der Waals surface area contributed by atoms with Crippen molar-refractivity contribution in [2.45, 2.75) is 6.54 Å². The molecule has 0 aliphatic carbocycles. The van der Waals surface area contributed by atoms with Gasteiger partial charge < -0.3 is 23.9 Å². The molecule has 0 fully saturated rings. The van der Waals surface area contributed by atoms with Crippen LogP contribution < -0.4 is 5.32 Å². The van der Waals surface area contributed by atoms with Gasteiger partial charge in [0.25, 0.3) is 0 Å². The van der Waals surface area contributed by atoms with Gasteiger partial charge in [-0.15, -0.1) is 0 Å². The lowest BCUT2D eigenvalue weighted by molar-refractivity contribution is 0.0255. The molecule has 98 valence electrons. The summed E-state index contributed by atoms with van der Waals surface area (Å²) in [6.45, 7) is 4.70. The number of methoxy groups -OCH3 is 1. The molecule has 0 aliphatic heterocycles. The van der Waals surface area contributed by atoms with Gasteiger partial charge in [-0.25, -0.2) is 0 Å². The van der Waals surface area contributed by atoms with E-state index >= 15 is 0 Å². The number of nitrogens with one attached hydrogen (secondary N) is 1. The molecule has 0 aliphatic rings. The molecule has 0 unspecified atom stereocenters. The second-order valence-electron chi connectivity index (χ2n) is 3.47. The Morgan fingerprint density at radius 3 is 2.59 bits per heavy atom. The maximum atomic E-state index is 5.37. The highest BCUT2D eigenvalue weighted by Crippen LogP contribution is 1.97. The van der Waals surface area contributed by atoms with Crippen LogP contribution in [-0.2, 0) is 20.8 Å². The first-order valence-electron chi connectivity index (χ1n) is 5.81. The van der Waals surface area contributed by atoms with E-state index in [1.165, 1.54) is 0 Å². The average molecular weight is 243 g/mol.